The molecule has 2 amide bonds. The number of imide groups is 1. The minimum absolute atomic E-state index is 0.181. The average Bonchev–Trinajstić information content (AvgIpc) is 3.20. The van der Waals surface area contributed by atoms with Gasteiger partial charge in [-0.15, -0.1) is 0 Å². The van der Waals surface area contributed by atoms with Gasteiger partial charge in [0.1, 0.15) is 5.75 Å². The third-order valence-corrected chi connectivity index (χ3v) is 7.51. The highest BCUT2D eigenvalue weighted by atomic mass is 79.9. The van der Waals surface area contributed by atoms with Crippen molar-refractivity contribution in [2.24, 2.45) is 11.8 Å². The van der Waals surface area contributed by atoms with Crippen molar-refractivity contribution in [3.8, 4) is 5.75 Å². The van der Waals surface area contributed by atoms with E-state index in [0.29, 0.717) is 24.1 Å². The molecule has 202 valence electrons. The zero-order valence-corrected chi connectivity index (χ0v) is 23.1. The Morgan fingerprint density at radius 1 is 0.800 bits per heavy atom. The number of anilines is 1. The Kier molecular flexibility index (Phi) is 7.75. The van der Waals surface area contributed by atoms with E-state index in [9.17, 15) is 24.0 Å². The van der Waals surface area contributed by atoms with Crippen LogP contribution >= 0.6 is 15.9 Å². The highest BCUT2D eigenvalue weighted by Gasteiger charge is 2.48. The molecule has 2 unspecified atom stereocenters. The molecule has 8 nitrogen and oxygen atoms in total. The van der Waals surface area contributed by atoms with Crippen molar-refractivity contribution in [2.75, 3.05) is 11.5 Å². The second-order valence-corrected chi connectivity index (χ2v) is 10.6. The molecular formula is C31H24BrNO7. The lowest BCUT2D eigenvalue weighted by Gasteiger charge is -2.18. The van der Waals surface area contributed by atoms with Crippen LogP contribution in [-0.2, 0) is 14.3 Å². The standard InChI is InChI=1S/C31H24BrNO7/c1-18-2-15-25-26(16-18)29(36)33(28(25)35)23-11-5-20(6-12-23)30(37)39-17-27(34)19-7-13-24(14-8-19)40-31(38)21-3-9-22(32)10-4-21/h2-14,25-26H,15-17H2,1H3. The number of halogens is 1. The van der Waals surface area contributed by atoms with Crippen LogP contribution < -0.4 is 9.64 Å². The van der Waals surface area contributed by atoms with Gasteiger partial charge in [-0.3, -0.25) is 19.3 Å². The predicted octanol–water partition coefficient (Wildman–Crippen LogP) is 5.55. The van der Waals surface area contributed by atoms with Crippen molar-refractivity contribution in [3.63, 3.8) is 0 Å². The summed E-state index contributed by atoms with van der Waals surface area (Å²) in [6.45, 7) is 1.47. The normalized spacial score (nSPS) is 18.1. The molecule has 1 fully saturated rings. The fraction of sp³-hybridized carbons (Fsp3) is 0.194. The van der Waals surface area contributed by atoms with Gasteiger partial charge in [0, 0.05) is 10.0 Å². The number of esters is 2. The molecule has 0 saturated carbocycles. The van der Waals surface area contributed by atoms with E-state index in [1.54, 1.807) is 24.3 Å². The molecule has 9 heteroatoms. The van der Waals surface area contributed by atoms with Crippen LogP contribution in [0.3, 0.4) is 0 Å². The molecule has 5 rings (SSSR count). The smallest absolute Gasteiger partial charge is 0.343 e. The molecule has 0 bridgehead atoms. The van der Waals surface area contributed by atoms with E-state index < -0.39 is 24.3 Å². The Hall–Kier alpha value is -4.37. The third kappa shape index (κ3) is 5.65. The molecule has 3 aromatic carbocycles. The van der Waals surface area contributed by atoms with Crippen LogP contribution in [0.25, 0.3) is 0 Å². The van der Waals surface area contributed by atoms with Crippen molar-refractivity contribution in [1.29, 1.82) is 0 Å². The zero-order valence-electron chi connectivity index (χ0n) is 21.5. The highest BCUT2D eigenvalue weighted by Crippen LogP contribution is 2.39. The van der Waals surface area contributed by atoms with Gasteiger partial charge in [0.2, 0.25) is 11.8 Å². The van der Waals surface area contributed by atoms with Gasteiger partial charge in [-0.1, -0.05) is 27.6 Å². The molecule has 1 heterocycles. The first-order valence-electron chi connectivity index (χ1n) is 12.6. The Labute approximate surface area is 238 Å². The number of allylic oxidation sites excluding steroid dienone is 2. The predicted molar refractivity (Wildman–Crippen MR) is 149 cm³/mol. The molecular weight excluding hydrogens is 578 g/mol. The number of fused-ring (bicyclic) bond motifs is 1. The van der Waals surface area contributed by atoms with E-state index in [0.717, 1.165) is 10.0 Å². The Morgan fingerprint density at radius 2 is 1.38 bits per heavy atom. The summed E-state index contributed by atoms with van der Waals surface area (Å²) in [5.41, 5.74) is 2.35. The first-order valence-corrected chi connectivity index (χ1v) is 13.4. The summed E-state index contributed by atoms with van der Waals surface area (Å²) in [6, 6.07) is 18.6. The Balaban J connectivity index is 1.15. The van der Waals surface area contributed by atoms with Crippen molar-refractivity contribution in [1.82, 2.24) is 0 Å². The molecule has 1 aliphatic carbocycles. The van der Waals surface area contributed by atoms with Gasteiger partial charge in [-0.05, 0) is 92.6 Å². The van der Waals surface area contributed by atoms with Crippen LogP contribution in [0.1, 0.15) is 50.8 Å². The lowest BCUT2D eigenvalue weighted by Crippen LogP contribution is -2.30. The number of ether oxygens (including phenoxy) is 2. The van der Waals surface area contributed by atoms with Crippen molar-refractivity contribution in [3.05, 3.63) is 106 Å². The van der Waals surface area contributed by atoms with E-state index in [4.69, 9.17) is 9.47 Å². The molecule has 3 aromatic rings. The number of Topliss-reactive ketones (excluding diaryl/α,β-unsaturated/α-hetero) is 1. The summed E-state index contributed by atoms with van der Waals surface area (Å²) in [5, 5.41) is 0. The zero-order chi connectivity index (χ0) is 28.4. The van der Waals surface area contributed by atoms with Crippen LogP contribution in [-0.4, -0.2) is 36.1 Å². The van der Waals surface area contributed by atoms with Crippen LogP contribution in [0, 0.1) is 11.8 Å². The summed E-state index contributed by atoms with van der Waals surface area (Å²) in [4.78, 5) is 64.3. The van der Waals surface area contributed by atoms with Gasteiger partial charge in [0.25, 0.3) is 0 Å². The second kappa shape index (κ2) is 11.4. The van der Waals surface area contributed by atoms with E-state index in [1.807, 2.05) is 13.0 Å². The third-order valence-electron chi connectivity index (χ3n) is 6.99. The van der Waals surface area contributed by atoms with Gasteiger partial charge in [0.05, 0.1) is 28.7 Å². The SMILES string of the molecule is CC1=CCC2C(=O)N(c3ccc(C(=O)OCC(=O)c4ccc(OC(=O)c5ccc(Br)cc5)cc4)cc3)C(=O)C2C1. The summed E-state index contributed by atoms with van der Waals surface area (Å²) >= 11 is 3.31. The maximum Gasteiger partial charge on any atom is 0.343 e. The number of hydrogen-bond donors (Lipinski definition) is 0. The highest BCUT2D eigenvalue weighted by molar-refractivity contribution is 9.10. The molecule has 1 aliphatic heterocycles. The molecule has 0 radical (unpaired) electrons. The summed E-state index contributed by atoms with van der Waals surface area (Å²) in [7, 11) is 0. The van der Waals surface area contributed by atoms with E-state index >= 15 is 0 Å². The second-order valence-electron chi connectivity index (χ2n) is 9.68. The molecule has 1 saturated heterocycles. The van der Waals surface area contributed by atoms with Gasteiger partial charge < -0.3 is 9.47 Å². The average molecular weight is 602 g/mol. The van der Waals surface area contributed by atoms with Crippen molar-refractivity contribution in [2.45, 2.75) is 19.8 Å². The first kappa shape index (κ1) is 27.2. The number of rotatable bonds is 7. The lowest BCUT2D eigenvalue weighted by atomic mass is 9.82. The largest absolute Gasteiger partial charge is 0.454 e. The molecule has 0 spiro atoms. The summed E-state index contributed by atoms with van der Waals surface area (Å²) in [5.74, 6) is -2.56. The minimum atomic E-state index is -0.715. The van der Waals surface area contributed by atoms with Crippen LogP contribution in [0.15, 0.2) is 88.9 Å². The molecule has 0 N–H and O–H groups in total. The van der Waals surface area contributed by atoms with Gasteiger partial charge in [-0.25, -0.2) is 9.59 Å². The lowest BCUT2D eigenvalue weighted by molar-refractivity contribution is -0.122. The Bertz CT molecular complexity index is 1530. The summed E-state index contributed by atoms with van der Waals surface area (Å²) in [6.07, 6.45) is 3.13. The summed E-state index contributed by atoms with van der Waals surface area (Å²) < 4.78 is 11.3. The molecule has 40 heavy (non-hydrogen) atoms. The first-order chi connectivity index (χ1) is 19.2. The Morgan fingerprint density at radius 3 is 2.05 bits per heavy atom. The van der Waals surface area contributed by atoms with E-state index in [2.05, 4.69) is 15.9 Å². The van der Waals surface area contributed by atoms with Crippen molar-refractivity contribution >= 4 is 51.2 Å². The van der Waals surface area contributed by atoms with Gasteiger partial charge in [-0.2, -0.15) is 0 Å². The number of amides is 2. The number of carbonyl (C=O) groups is 5. The fourth-order valence-corrected chi connectivity index (χ4v) is 5.06. The van der Waals surface area contributed by atoms with Crippen LogP contribution in [0.4, 0.5) is 5.69 Å². The van der Waals surface area contributed by atoms with E-state index in [-0.39, 0.29) is 40.5 Å². The number of ketones is 1. The van der Waals surface area contributed by atoms with Crippen LogP contribution in [0.5, 0.6) is 5.75 Å². The van der Waals surface area contributed by atoms with E-state index in [1.165, 1.54) is 53.4 Å². The maximum absolute atomic E-state index is 12.9. The fourth-order valence-electron chi connectivity index (χ4n) is 4.80. The number of carbonyl (C=O) groups excluding carboxylic acids is 5. The molecule has 2 atom stereocenters. The quantitative estimate of drug-likeness (QED) is 0.115. The van der Waals surface area contributed by atoms with Gasteiger partial charge in [0.15, 0.2) is 12.4 Å². The topological polar surface area (TPSA) is 107 Å². The van der Waals surface area contributed by atoms with Gasteiger partial charge >= 0.3 is 11.9 Å². The minimum Gasteiger partial charge on any atom is -0.454 e. The van der Waals surface area contributed by atoms with Crippen LogP contribution in [0.2, 0.25) is 0 Å². The number of nitrogens with zero attached hydrogens (tertiary/aromatic N) is 1. The maximum atomic E-state index is 12.9. The molecule has 2 aliphatic rings. The number of benzene rings is 3. The number of hydrogen-bond acceptors (Lipinski definition) is 7. The molecule has 0 aromatic heterocycles. The van der Waals surface area contributed by atoms with Crippen molar-refractivity contribution < 1.29 is 33.4 Å². The monoisotopic (exact) mass is 601 g/mol.